The molecule has 0 aromatic rings. The van der Waals surface area contributed by atoms with Gasteiger partial charge >= 0.3 is 12.0 Å². The van der Waals surface area contributed by atoms with E-state index in [1.165, 1.54) is 4.90 Å². The number of hydrogen-bond donors (Lipinski definition) is 3. The van der Waals surface area contributed by atoms with Crippen LogP contribution in [0.3, 0.4) is 0 Å². The molecule has 1 aliphatic rings. The fraction of sp³-hybridized carbons (Fsp3) is 0.769. The first-order valence-electron chi connectivity index (χ1n) is 6.88. The highest BCUT2D eigenvalue weighted by molar-refractivity contribution is 5.85. The molecule has 3 amide bonds. The Labute approximate surface area is 118 Å². The Kier molecular flexibility index (Phi) is 5.35. The smallest absolute Gasteiger partial charge is 0.326 e. The molecule has 1 fully saturated rings. The SMILES string of the molecule is CCCCC(NC(=O)N1CCC(C)(C(N)=O)C1)C(=O)O. The van der Waals surface area contributed by atoms with Crippen molar-refractivity contribution in [3.8, 4) is 0 Å². The van der Waals surface area contributed by atoms with E-state index in [4.69, 9.17) is 10.8 Å². The van der Waals surface area contributed by atoms with Crippen LogP contribution >= 0.6 is 0 Å². The molecule has 7 nitrogen and oxygen atoms in total. The Morgan fingerprint density at radius 2 is 2.10 bits per heavy atom. The number of carbonyl (C=O) groups is 3. The minimum absolute atomic E-state index is 0.230. The number of carboxylic acid groups (broad SMARTS) is 1. The van der Waals surface area contributed by atoms with E-state index in [0.29, 0.717) is 19.4 Å². The Morgan fingerprint density at radius 3 is 2.55 bits per heavy atom. The summed E-state index contributed by atoms with van der Waals surface area (Å²) in [4.78, 5) is 35.9. The third-order valence-corrected chi connectivity index (χ3v) is 3.80. The molecule has 0 aromatic carbocycles. The molecule has 20 heavy (non-hydrogen) atoms. The monoisotopic (exact) mass is 285 g/mol. The zero-order valence-corrected chi connectivity index (χ0v) is 12.0. The second-order valence-corrected chi connectivity index (χ2v) is 5.58. The van der Waals surface area contributed by atoms with E-state index in [-0.39, 0.29) is 6.54 Å². The molecule has 0 saturated carbocycles. The van der Waals surface area contributed by atoms with Crippen LogP contribution in [0, 0.1) is 5.41 Å². The highest BCUT2D eigenvalue weighted by Crippen LogP contribution is 2.29. The quantitative estimate of drug-likeness (QED) is 0.661. The van der Waals surface area contributed by atoms with Gasteiger partial charge in [0, 0.05) is 13.1 Å². The average molecular weight is 285 g/mol. The summed E-state index contributed by atoms with van der Waals surface area (Å²) in [5.74, 6) is -1.47. The van der Waals surface area contributed by atoms with Crippen LogP contribution in [-0.2, 0) is 9.59 Å². The van der Waals surface area contributed by atoms with Gasteiger partial charge in [-0.05, 0) is 19.8 Å². The summed E-state index contributed by atoms with van der Waals surface area (Å²) in [6.07, 6.45) is 2.50. The number of carboxylic acids is 1. The number of rotatable bonds is 6. The van der Waals surface area contributed by atoms with E-state index >= 15 is 0 Å². The van der Waals surface area contributed by atoms with Crippen molar-refractivity contribution in [3.05, 3.63) is 0 Å². The lowest BCUT2D eigenvalue weighted by Gasteiger charge is -2.23. The summed E-state index contributed by atoms with van der Waals surface area (Å²) in [5, 5.41) is 11.6. The number of nitrogens with two attached hydrogens (primary N) is 1. The Hall–Kier alpha value is -1.79. The van der Waals surface area contributed by atoms with Crippen molar-refractivity contribution >= 4 is 17.9 Å². The maximum atomic E-state index is 12.0. The van der Waals surface area contributed by atoms with Gasteiger partial charge in [0.05, 0.1) is 5.41 Å². The fourth-order valence-corrected chi connectivity index (χ4v) is 2.24. The summed E-state index contributed by atoms with van der Waals surface area (Å²) >= 11 is 0. The van der Waals surface area contributed by atoms with E-state index in [0.717, 1.165) is 12.8 Å². The first kappa shape index (κ1) is 16.3. The molecule has 0 aliphatic carbocycles. The molecule has 1 rings (SSSR count). The standard InChI is InChI=1S/C13H23N3O4/c1-3-4-5-9(10(17)18)15-12(20)16-7-6-13(2,8-16)11(14)19/h9H,3-8H2,1-2H3,(H2,14,19)(H,15,20)(H,17,18). The van der Waals surface area contributed by atoms with Gasteiger partial charge in [-0.2, -0.15) is 0 Å². The van der Waals surface area contributed by atoms with Crippen LogP contribution in [0.25, 0.3) is 0 Å². The van der Waals surface area contributed by atoms with Crippen molar-refractivity contribution in [1.82, 2.24) is 10.2 Å². The van der Waals surface area contributed by atoms with Gasteiger partial charge in [0.15, 0.2) is 0 Å². The van der Waals surface area contributed by atoms with E-state index < -0.39 is 29.4 Å². The molecule has 7 heteroatoms. The summed E-state index contributed by atoms with van der Waals surface area (Å²) in [6.45, 7) is 4.31. The van der Waals surface area contributed by atoms with Crippen LogP contribution in [0.1, 0.15) is 39.5 Å². The Bertz CT molecular complexity index is 399. The summed E-state index contributed by atoms with van der Waals surface area (Å²) < 4.78 is 0. The highest BCUT2D eigenvalue weighted by atomic mass is 16.4. The predicted octanol–water partition coefficient (Wildman–Crippen LogP) is 0.537. The molecule has 4 N–H and O–H groups in total. The van der Waals surface area contributed by atoms with Crippen LogP contribution in [0.2, 0.25) is 0 Å². The van der Waals surface area contributed by atoms with Crippen LogP contribution in [0.4, 0.5) is 4.79 Å². The van der Waals surface area contributed by atoms with Crippen molar-refractivity contribution < 1.29 is 19.5 Å². The van der Waals surface area contributed by atoms with Gasteiger partial charge in [-0.15, -0.1) is 0 Å². The topological polar surface area (TPSA) is 113 Å². The molecule has 2 atom stereocenters. The van der Waals surface area contributed by atoms with Crippen molar-refractivity contribution in [2.45, 2.75) is 45.6 Å². The van der Waals surface area contributed by atoms with Crippen LogP contribution in [-0.4, -0.2) is 47.0 Å². The minimum atomic E-state index is -1.04. The first-order chi connectivity index (χ1) is 9.30. The minimum Gasteiger partial charge on any atom is -0.480 e. The van der Waals surface area contributed by atoms with Gasteiger partial charge in [0.2, 0.25) is 5.91 Å². The highest BCUT2D eigenvalue weighted by Gasteiger charge is 2.41. The predicted molar refractivity (Wildman–Crippen MR) is 73.0 cm³/mol. The van der Waals surface area contributed by atoms with E-state index in [1.54, 1.807) is 6.92 Å². The molecule has 2 unspecified atom stereocenters. The molecule has 1 saturated heterocycles. The fourth-order valence-electron chi connectivity index (χ4n) is 2.24. The number of unbranched alkanes of at least 4 members (excludes halogenated alkanes) is 1. The molecule has 0 aromatic heterocycles. The number of urea groups is 1. The molecular weight excluding hydrogens is 262 g/mol. The molecule has 1 heterocycles. The number of likely N-dealkylation sites (tertiary alicyclic amines) is 1. The number of aliphatic carboxylic acids is 1. The second kappa shape index (κ2) is 6.58. The van der Waals surface area contributed by atoms with Gasteiger partial charge in [-0.25, -0.2) is 9.59 Å². The molecular formula is C13H23N3O4. The molecule has 0 radical (unpaired) electrons. The van der Waals surface area contributed by atoms with Gasteiger partial charge in [-0.1, -0.05) is 19.8 Å². The zero-order chi connectivity index (χ0) is 15.3. The largest absolute Gasteiger partial charge is 0.480 e. The number of amides is 3. The van der Waals surface area contributed by atoms with Gasteiger partial charge < -0.3 is 21.1 Å². The molecule has 0 bridgehead atoms. The Morgan fingerprint density at radius 1 is 1.45 bits per heavy atom. The number of nitrogens with one attached hydrogen (secondary N) is 1. The molecule has 0 spiro atoms. The van der Waals surface area contributed by atoms with Crippen LogP contribution in [0.15, 0.2) is 0 Å². The van der Waals surface area contributed by atoms with Gasteiger partial charge in [0.1, 0.15) is 6.04 Å². The normalized spacial score (nSPS) is 23.4. The summed E-state index contributed by atoms with van der Waals surface area (Å²) in [7, 11) is 0. The summed E-state index contributed by atoms with van der Waals surface area (Å²) in [6, 6.07) is -1.33. The first-order valence-corrected chi connectivity index (χ1v) is 6.88. The number of nitrogens with zero attached hydrogens (tertiary/aromatic N) is 1. The maximum absolute atomic E-state index is 12.0. The van der Waals surface area contributed by atoms with Crippen molar-refractivity contribution in [3.63, 3.8) is 0 Å². The van der Waals surface area contributed by atoms with Gasteiger partial charge in [-0.3, -0.25) is 4.79 Å². The average Bonchev–Trinajstić information content (AvgIpc) is 2.78. The van der Waals surface area contributed by atoms with Crippen molar-refractivity contribution in [2.24, 2.45) is 11.1 Å². The van der Waals surface area contributed by atoms with E-state index in [1.807, 2.05) is 6.92 Å². The third kappa shape index (κ3) is 3.85. The van der Waals surface area contributed by atoms with E-state index in [9.17, 15) is 14.4 Å². The zero-order valence-electron chi connectivity index (χ0n) is 12.0. The van der Waals surface area contributed by atoms with Crippen LogP contribution in [0.5, 0.6) is 0 Å². The lowest BCUT2D eigenvalue weighted by molar-refractivity contribution is -0.139. The molecule has 1 aliphatic heterocycles. The van der Waals surface area contributed by atoms with E-state index in [2.05, 4.69) is 5.32 Å². The maximum Gasteiger partial charge on any atom is 0.326 e. The van der Waals surface area contributed by atoms with Crippen molar-refractivity contribution in [1.29, 1.82) is 0 Å². The number of carbonyl (C=O) groups excluding carboxylic acids is 2. The Balaban J connectivity index is 2.58. The van der Waals surface area contributed by atoms with Gasteiger partial charge in [0.25, 0.3) is 0 Å². The second-order valence-electron chi connectivity index (χ2n) is 5.58. The summed E-state index contributed by atoms with van der Waals surface area (Å²) in [5.41, 5.74) is 4.60. The molecule has 114 valence electrons. The lowest BCUT2D eigenvalue weighted by Crippen LogP contribution is -2.48. The number of primary amides is 1. The number of hydrogen-bond acceptors (Lipinski definition) is 3. The lowest BCUT2D eigenvalue weighted by atomic mass is 9.89. The van der Waals surface area contributed by atoms with Crippen LogP contribution < -0.4 is 11.1 Å². The van der Waals surface area contributed by atoms with Crippen molar-refractivity contribution in [2.75, 3.05) is 13.1 Å². The third-order valence-electron chi connectivity index (χ3n) is 3.80.